The molecule has 0 amide bonds. The summed E-state index contributed by atoms with van der Waals surface area (Å²) in [6, 6.07) is 8.58. The van der Waals surface area contributed by atoms with E-state index in [1.807, 2.05) is 26.0 Å². The highest BCUT2D eigenvalue weighted by atomic mass is 32.1. The van der Waals surface area contributed by atoms with Crippen molar-refractivity contribution in [2.45, 2.75) is 13.8 Å². The van der Waals surface area contributed by atoms with E-state index < -0.39 is 5.97 Å². The first-order valence-corrected chi connectivity index (χ1v) is 7.00. The van der Waals surface area contributed by atoms with Crippen LogP contribution in [-0.4, -0.2) is 11.1 Å². The predicted octanol–water partition coefficient (Wildman–Crippen LogP) is 3.73. The van der Waals surface area contributed by atoms with Gasteiger partial charge in [-0.1, -0.05) is 11.6 Å². The van der Waals surface area contributed by atoms with E-state index in [0.29, 0.717) is 15.5 Å². The van der Waals surface area contributed by atoms with Gasteiger partial charge in [0, 0.05) is 20.2 Å². The van der Waals surface area contributed by atoms with Gasteiger partial charge in [0.15, 0.2) is 5.43 Å². The second kappa shape index (κ2) is 4.42. The zero-order valence-electron chi connectivity index (χ0n) is 11.1. The molecule has 0 fully saturated rings. The topological polar surface area (TPSA) is 54.4 Å². The number of carboxylic acid groups (broad SMARTS) is 1. The fourth-order valence-corrected chi connectivity index (χ4v) is 3.60. The van der Waals surface area contributed by atoms with Gasteiger partial charge in [-0.25, -0.2) is 4.79 Å². The zero-order chi connectivity index (χ0) is 14.4. The van der Waals surface area contributed by atoms with E-state index in [9.17, 15) is 9.59 Å². The van der Waals surface area contributed by atoms with Crippen LogP contribution in [0.25, 0.3) is 20.2 Å². The Balaban J connectivity index is 2.50. The predicted molar refractivity (Wildman–Crippen MR) is 82.0 cm³/mol. The summed E-state index contributed by atoms with van der Waals surface area (Å²) < 4.78 is 1.64. The maximum atomic E-state index is 12.5. The monoisotopic (exact) mass is 284 g/mol. The van der Waals surface area contributed by atoms with Crippen molar-refractivity contribution in [2.24, 2.45) is 0 Å². The van der Waals surface area contributed by atoms with E-state index in [1.165, 1.54) is 17.4 Å². The molecule has 0 radical (unpaired) electrons. The van der Waals surface area contributed by atoms with Crippen LogP contribution in [0.15, 0.2) is 35.1 Å². The molecule has 100 valence electrons. The highest BCUT2D eigenvalue weighted by Gasteiger charge is 2.11. The number of aryl methyl sites for hydroxylation is 2. The van der Waals surface area contributed by atoms with Crippen LogP contribution in [0.3, 0.4) is 0 Å². The zero-order valence-corrected chi connectivity index (χ0v) is 11.9. The summed E-state index contributed by atoms with van der Waals surface area (Å²) in [5, 5.41) is 10.3. The molecule has 2 aromatic carbocycles. The third kappa shape index (κ3) is 1.89. The molecular formula is C16H12O3S. The molecule has 0 aliphatic rings. The van der Waals surface area contributed by atoms with Crippen molar-refractivity contribution < 1.29 is 9.90 Å². The van der Waals surface area contributed by atoms with Crippen molar-refractivity contribution in [2.75, 3.05) is 0 Å². The lowest BCUT2D eigenvalue weighted by atomic mass is 10.1. The Hall–Kier alpha value is -2.20. The number of carbonyl (C=O) groups is 1. The average Bonchev–Trinajstić information content (AvgIpc) is 2.40. The van der Waals surface area contributed by atoms with Crippen LogP contribution >= 0.6 is 11.3 Å². The highest BCUT2D eigenvalue weighted by molar-refractivity contribution is 7.24. The largest absolute Gasteiger partial charge is 0.478 e. The molecule has 1 aromatic heterocycles. The molecule has 1 N–H and O–H groups in total. The van der Waals surface area contributed by atoms with Crippen LogP contribution in [0, 0.1) is 13.8 Å². The number of carboxylic acids is 1. The molecule has 0 unspecified atom stereocenters. The maximum absolute atomic E-state index is 12.5. The third-order valence-electron chi connectivity index (χ3n) is 3.35. The van der Waals surface area contributed by atoms with Crippen LogP contribution in [0.2, 0.25) is 0 Å². The van der Waals surface area contributed by atoms with Crippen LogP contribution in [-0.2, 0) is 0 Å². The fourth-order valence-electron chi connectivity index (χ4n) is 2.44. The minimum absolute atomic E-state index is 0.0301. The quantitative estimate of drug-likeness (QED) is 0.693. The molecule has 0 aliphatic heterocycles. The third-order valence-corrected chi connectivity index (χ3v) is 4.65. The molecule has 0 bridgehead atoms. The van der Waals surface area contributed by atoms with Crippen LogP contribution in [0.4, 0.5) is 0 Å². The molecule has 0 atom stereocenters. The summed E-state index contributed by atoms with van der Waals surface area (Å²) in [7, 11) is 0. The van der Waals surface area contributed by atoms with Gasteiger partial charge in [-0.05, 0) is 43.7 Å². The van der Waals surface area contributed by atoms with Crippen molar-refractivity contribution >= 4 is 37.5 Å². The van der Waals surface area contributed by atoms with Crippen molar-refractivity contribution in [1.82, 2.24) is 0 Å². The molecule has 0 saturated carbocycles. The Kier molecular flexibility index (Phi) is 2.83. The number of benzene rings is 2. The molecular weight excluding hydrogens is 272 g/mol. The molecule has 3 nitrogen and oxygen atoms in total. The molecule has 0 saturated heterocycles. The molecule has 0 aliphatic carbocycles. The summed E-state index contributed by atoms with van der Waals surface area (Å²) in [5.74, 6) is -0.979. The Morgan fingerprint density at radius 3 is 2.55 bits per heavy atom. The second-order valence-electron chi connectivity index (χ2n) is 4.91. The minimum atomic E-state index is -0.979. The smallest absolute Gasteiger partial charge is 0.335 e. The lowest BCUT2D eigenvalue weighted by molar-refractivity contribution is 0.0697. The second-order valence-corrected chi connectivity index (χ2v) is 5.96. The summed E-state index contributed by atoms with van der Waals surface area (Å²) >= 11 is 1.47. The van der Waals surface area contributed by atoms with Gasteiger partial charge in [0.25, 0.3) is 0 Å². The molecule has 4 heteroatoms. The van der Waals surface area contributed by atoms with Gasteiger partial charge >= 0.3 is 5.97 Å². The molecule has 1 heterocycles. The minimum Gasteiger partial charge on any atom is -0.478 e. The summed E-state index contributed by atoms with van der Waals surface area (Å²) in [4.78, 5) is 23.6. The van der Waals surface area contributed by atoms with E-state index in [-0.39, 0.29) is 11.0 Å². The molecule has 0 spiro atoms. The molecule has 20 heavy (non-hydrogen) atoms. The standard InChI is InChI=1S/C16H12O3S/c1-8-5-9(2)15-12(6-8)14(17)11-4-3-10(16(18)19)7-13(11)20-15/h3-7H,1-2H3,(H,18,19). The maximum Gasteiger partial charge on any atom is 0.335 e. The van der Waals surface area contributed by atoms with Gasteiger partial charge in [-0.15, -0.1) is 11.3 Å². The Morgan fingerprint density at radius 2 is 1.85 bits per heavy atom. The van der Waals surface area contributed by atoms with E-state index in [0.717, 1.165) is 15.8 Å². The average molecular weight is 284 g/mol. The van der Waals surface area contributed by atoms with Gasteiger partial charge in [0.1, 0.15) is 0 Å². The van der Waals surface area contributed by atoms with Crippen molar-refractivity contribution in [1.29, 1.82) is 0 Å². The lowest BCUT2D eigenvalue weighted by Crippen LogP contribution is -2.03. The first-order chi connectivity index (χ1) is 9.47. The van der Waals surface area contributed by atoms with Crippen molar-refractivity contribution in [3.63, 3.8) is 0 Å². The fraction of sp³-hybridized carbons (Fsp3) is 0.125. The number of rotatable bonds is 1. The van der Waals surface area contributed by atoms with Gasteiger partial charge in [-0.3, -0.25) is 4.79 Å². The van der Waals surface area contributed by atoms with Crippen LogP contribution < -0.4 is 5.43 Å². The van der Waals surface area contributed by atoms with E-state index in [4.69, 9.17) is 5.11 Å². The first-order valence-electron chi connectivity index (χ1n) is 6.18. The van der Waals surface area contributed by atoms with Gasteiger partial charge in [0.05, 0.1) is 5.56 Å². The Morgan fingerprint density at radius 1 is 1.10 bits per heavy atom. The summed E-state index contributed by atoms with van der Waals surface area (Å²) in [6.07, 6.45) is 0. The first kappa shape index (κ1) is 12.8. The highest BCUT2D eigenvalue weighted by Crippen LogP contribution is 2.28. The molecule has 3 aromatic rings. The van der Waals surface area contributed by atoms with Gasteiger partial charge < -0.3 is 5.11 Å². The van der Waals surface area contributed by atoms with E-state index in [1.54, 1.807) is 12.1 Å². The SMILES string of the molecule is Cc1cc(C)c2sc3cc(C(=O)O)ccc3c(=O)c2c1. The number of fused-ring (bicyclic) bond motifs is 2. The van der Waals surface area contributed by atoms with Crippen molar-refractivity contribution in [3.8, 4) is 0 Å². The normalized spacial score (nSPS) is 11.1. The van der Waals surface area contributed by atoms with Crippen LogP contribution in [0.1, 0.15) is 21.5 Å². The number of hydrogen-bond acceptors (Lipinski definition) is 3. The van der Waals surface area contributed by atoms with Gasteiger partial charge in [-0.2, -0.15) is 0 Å². The summed E-state index contributed by atoms with van der Waals surface area (Å²) in [5.41, 5.74) is 2.28. The van der Waals surface area contributed by atoms with E-state index in [2.05, 4.69) is 0 Å². The number of hydrogen-bond donors (Lipinski definition) is 1. The Bertz CT molecular complexity index is 922. The van der Waals surface area contributed by atoms with Gasteiger partial charge in [0.2, 0.25) is 0 Å². The summed E-state index contributed by atoms with van der Waals surface area (Å²) in [6.45, 7) is 3.94. The van der Waals surface area contributed by atoms with E-state index >= 15 is 0 Å². The van der Waals surface area contributed by atoms with Crippen LogP contribution in [0.5, 0.6) is 0 Å². The molecule has 3 rings (SSSR count). The van der Waals surface area contributed by atoms with Crippen molar-refractivity contribution in [3.05, 3.63) is 57.2 Å². The number of aromatic carboxylic acids is 1. The Labute approximate surface area is 119 Å². The lowest BCUT2D eigenvalue weighted by Gasteiger charge is -2.06.